The van der Waals surface area contributed by atoms with Crippen LogP contribution in [0.25, 0.3) is 11.0 Å². The van der Waals surface area contributed by atoms with Crippen molar-refractivity contribution in [2.24, 2.45) is 0 Å². The quantitative estimate of drug-likeness (QED) is 0.411. The maximum absolute atomic E-state index is 9.84. The summed E-state index contributed by atoms with van der Waals surface area (Å²) in [6, 6.07) is 12.4. The molecule has 0 radical (unpaired) electrons. The van der Waals surface area contributed by atoms with Gasteiger partial charge in [-0.1, -0.05) is 30.3 Å². The van der Waals surface area contributed by atoms with E-state index in [1.165, 1.54) is 0 Å². The number of carboxylic acid groups (broad SMARTS) is 1. The Bertz CT molecular complexity index is 830. The molecule has 0 aliphatic heterocycles. The van der Waals surface area contributed by atoms with E-state index in [9.17, 15) is 5.11 Å². The van der Waals surface area contributed by atoms with Crippen LogP contribution in [0.1, 0.15) is 11.4 Å². The third-order valence-corrected chi connectivity index (χ3v) is 3.57. The Hall–Kier alpha value is -2.84. The van der Waals surface area contributed by atoms with Crippen LogP contribution in [-0.2, 0) is 11.3 Å². The molecular formula is C16H17BN2O5. The molecule has 4 N–H and O–H groups in total. The van der Waals surface area contributed by atoms with E-state index in [0.717, 1.165) is 16.9 Å². The summed E-state index contributed by atoms with van der Waals surface area (Å²) in [4.78, 5) is 12.7. The second kappa shape index (κ2) is 7.63. The molecule has 0 saturated heterocycles. The summed E-state index contributed by atoms with van der Waals surface area (Å²) in [6.45, 7) is 2.25. The highest BCUT2D eigenvalue weighted by molar-refractivity contribution is 6.58. The topological polar surface area (TPSA) is 116 Å². The first-order valence-corrected chi connectivity index (χ1v) is 7.15. The van der Waals surface area contributed by atoms with Crippen LogP contribution in [0.15, 0.2) is 42.5 Å². The molecule has 124 valence electrons. The van der Waals surface area contributed by atoms with Crippen molar-refractivity contribution in [2.45, 2.75) is 13.5 Å². The van der Waals surface area contributed by atoms with E-state index >= 15 is 0 Å². The Morgan fingerprint density at radius 3 is 2.38 bits per heavy atom. The Morgan fingerprint density at radius 2 is 1.79 bits per heavy atom. The molecule has 24 heavy (non-hydrogen) atoms. The number of benzene rings is 2. The lowest BCUT2D eigenvalue weighted by molar-refractivity contribution is -0.122. The maximum Gasteiger partial charge on any atom is 0.488 e. The van der Waals surface area contributed by atoms with Gasteiger partial charge in [0, 0.05) is 6.54 Å². The number of aromatic nitrogens is 2. The van der Waals surface area contributed by atoms with Gasteiger partial charge in [0.25, 0.3) is 6.47 Å². The van der Waals surface area contributed by atoms with Gasteiger partial charge in [-0.25, -0.2) is 4.98 Å². The highest BCUT2D eigenvalue weighted by atomic mass is 16.4. The van der Waals surface area contributed by atoms with Gasteiger partial charge in [0.15, 0.2) is 0 Å². The lowest BCUT2D eigenvalue weighted by Gasteiger charge is -2.08. The second-order valence-corrected chi connectivity index (χ2v) is 5.11. The molecule has 0 spiro atoms. The van der Waals surface area contributed by atoms with Crippen molar-refractivity contribution >= 4 is 30.1 Å². The second-order valence-electron chi connectivity index (χ2n) is 5.11. The summed E-state index contributed by atoms with van der Waals surface area (Å²) in [7, 11) is -1.45. The monoisotopic (exact) mass is 328 g/mol. The van der Waals surface area contributed by atoms with Crippen molar-refractivity contribution in [2.75, 3.05) is 0 Å². The summed E-state index contributed by atoms with van der Waals surface area (Å²) in [5, 5.41) is 34.9. The Kier molecular flexibility index (Phi) is 5.57. The van der Waals surface area contributed by atoms with Crippen LogP contribution in [0.4, 0.5) is 0 Å². The van der Waals surface area contributed by atoms with Crippen LogP contribution in [0.2, 0.25) is 0 Å². The number of rotatable bonds is 3. The molecule has 7 nitrogen and oxygen atoms in total. The normalized spacial score (nSPS) is 10.1. The SMILES string of the molecule is Cc1nc2c(O)cccc2n1Cc1ccc(B(O)O)cc1.O=CO. The van der Waals surface area contributed by atoms with Crippen molar-refractivity contribution < 1.29 is 25.1 Å². The summed E-state index contributed by atoms with van der Waals surface area (Å²) in [5.74, 6) is 0.992. The van der Waals surface area contributed by atoms with Crippen molar-refractivity contribution in [3.63, 3.8) is 0 Å². The number of para-hydroxylation sites is 1. The Balaban J connectivity index is 0.000000647. The number of hydrogen-bond acceptors (Lipinski definition) is 5. The fraction of sp³-hybridized carbons (Fsp3) is 0.125. The fourth-order valence-electron chi connectivity index (χ4n) is 2.43. The van der Waals surface area contributed by atoms with Crippen molar-refractivity contribution in [1.29, 1.82) is 0 Å². The van der Waals surface area contributed by atoms with Crippen molar-refractivity contribution in [1.82, 2.24) is 9.55 Å². The minimum absolute atomic E-state index is 0.174. The van der Waals surface area contributed by atoms with Gasteiger partial charge in [0.05, 0.1) is 5.52 Å². The van der Waals surface area contributed by atoms with Crippen LogP contribution in [-0.4, -0.2) is 43.4 Å². The molecule has 8 heteroatoms. The molecule has 3 rings (SSSR count). The molecule has 0 fully saturated rings. The van der Waals surface area contributed by atoms with Gasteiger partial charge in [-0.2, -0.15) is 0 Å². The van der Waals surface area contributed by atoms with Gasteiger partial charge < -0.3 is 24.8 Å². The zero-order valence-corrected chi connectivity index (χ0v) is 13.0. The van der Waals surface area contributed by atoms with Crippen LogP contribution < -0.4 is 5.46 Å². The molecule has 0 unspecified atom stereocenters. The molecule has 3 aromatic rings. The predicted molar refractivity (Wildman–Crippen MR) is 90.2 cm³/mol. The van der Waals surface area contributed by atoms with Crippen molar-refractivity contribution in [3.8, 4) is 5.75 Å². The van der Waals surface area contributed by atoms with Gasteiger partial charge >= 0.3 is 7.12 Å². The molecule has 0 aliphatic rings. The van der Waals surface area contributed by atoms with Gasteiger partial charge in [-0.3, -0.25) is 4.79 Å². The van der Waals surface area contributed by atoms with E-state index in [0.29, 0.717) is 17.5 Å². The Morgan fingerprint density at radius 1 is 1.17 bits per heavy atom. The highest BCUT2D eigenvalue weighted by Crippen LogP contribution is 2.25. The average molecular weight is 328 g/mol. The number of phenols is 1. The van der Waals surface area contributed by atoms with Gasteiger partial charge in [0.2, 0.25) is 0 Å². The lowest BCUT2D eigenvalue weighted by atomic mass is 9.80. The van der Waals surface area contributed by atoms with Crippen LogP contribution in [0.5, 0.6) is 5.75 Å². The number of carbonyl (C=O) groups is 1. The molecule has 0 bridgehead atoms. The zero-order valence-electron chi connectivity index (χ0n) is 13.0. The maximum atomic E-state index is 9.84. The lowest BCUT2D eigenvalue weighted by Crippen LogP contribution is -2.29. The van der Waals surface area contributed by atoms with E-state index in [2.05, 4.69) is 4.98 Å². The summed E-state index contributed by atoms with van der Waals surface area (Å²) in [6.07, 6.45) is 0. The summed E-state index contributed by atoms with van der Waals surface area (Å²) in [5.41, 5.74) is 2.95. The number of phenolic OH excluding ortho intramolecular Hbond substituents is 1. The first-order valence-electron chi connectivity index (χ1n) is 7.15. The van der Waals surface area contributed by atoms with E-state index in [-0.39, 0.29) is 12.2 Å². The molecule has 1 aromatic heterocycles. The summed E-state index contributed by atoms with van der Waals surface area (Å²) >= 11 is 0. The van der Waals surface area contributed by atoms with E-state index in [4.69, 9.17) is 19.9 Å². The number of aryl methyl sites for hydroxylation is 1. The van der Waals surface area contributed by atoms with Crippen LogP contribution in [0, 0.1) is 6.92 Å². The van der Waals surface area contributed by atoms with E-state index < -0.39 is 7.12 Å². The van der Waals surface area contributed by atoms with Crippen molar-refractivity contribution in [3.05, 3.63) is 53.9 Å². The average Bonchev–Trinajstić information content (AvgIpc) is 2.86. The third-order valence-electron chi connectivity index (χ3n) is 3.57. The standard InChI is InChI=1S/C15H15BN2O3.CH2O2/c1-10-17-15-13(3-2-4-14(15)19)18(10)9-11-5-7-12(8-6-11)16(20)21;2-1-3/h2-8,19-21H,9H2,1H3;1H,(H,2,3). The van der Waals surface area contributed by atoms with E-state index in [1.54, 1.807) is 24.3 Å². The summed E-state index contributed by atoms with van der Waals surface area (Å²) < 4.78 is 2.01. The molecular weight excluding hydrogens is 311 g/mol. The third kappa shape index (κ3) is 3.73. The Labute approximate surface area is 138 Å². The molecule has 0 atom stereocenters. The van der Waals surface area contributed by atoms with E-state index in [1.807, 2.05) is 29.7 Å². The minimum atomic E-state index is -1.45. The van der Waals surface area contributed by atoms with Crippen LogP contribution >= 0.6 is 0 Å². The highest BCUT2D eigenvalue weighted by Gasteiger charge is 2.12. The molecule has 2 aromatic carbocycles. The van der Waals surface area contributed by atoms with Gasteiger partial charge in [-0.05, 0) is 30.1 Å². The number of fused-ring (bicyclic) bond motifs is 1. The largest absolute Gasteiger partial charge is 0.506 e. The van der Waals surface area contributed by atoms with Crippen LogP contribution in [0.3, 0.4) is 0 Å². The molecule has 0 saturated carbocycles. The minimum Gasteiger partial charge on any atom is -0.506 e. The first-order chi connectivity index (χ1) is 11.5. The van der Waals surface area contributed by atoms with Gasteiger partial charge in [-0.15, -0.1) is 0 Å². The fourth-order valence-corrected chi connectivity index (χ4v) is 2.43. The number of nitrogens with zero attached hydrogens (tertiary/aromatic N) is 2. The smallest absolute Gasteiger partial charge is 0.488 e. The molecule has 1 heterocycles. The number of hydrogen-bond donors (Lipinski definition) is 4. The molecule has 0 amide bonds. The molecule has 0 aliphatic carbocycles. The van der Waals surface area contributed by atoms with Gasteiger partial charge in [0.1, 0.15) is 17.1 Å². The number of imidazole rings is 1. The first kappa shape index (κ1) is 17.5. The number of aromatic hydroxyl groups is 1. The zero-order chi connectivity index (χ0) is 17.7. The predicted octanol–water partition coefficient (Wildman–Crippen LogP) is 0.479.